The van der Waals surface area contributed by atoms with Crippen LogP contribution < -0.4 is 5.73 Å². The van der Waals surface area contributed by atoms with Crippen molar-refractivity contribution in [2.75, 3.05) is 13.1 Å². The van der Waals surface area contributed by atoms with Crippen LogP contribution in [0.25, 0.3) is 0 Å². The van der Waals surface area contributed by atoms with Gasteiger partial charge in [-0.2, -0.15) is 4.31 Å². The monoisotopic (exact) mass is 304 g/mol. The van der Waals surface area contributed by atoms with E-state index in [1.807, 2.05) is 12.1 Å². The highest BCUT2D eigenvalue weighted by Crippen LogP contribution is 2.22. The Hall–Kier alpha value is -0.620. The van der Waals surface area contributed by atoms with Crippen molar-refractivity contribution in [3.8, 4) is 0 Å². The van der Waals surface area contributed by atoms with Crippen molar-refractivity contribution < 1.29 is 8.42 Å². The Morgan fingerprint density at radius 1 is 1.26 bits per heavy atom. The summed E-state index contributed by atoms with van der Waals surface area (Å²) in [5.74, 6) is 0.405. The molecule has 0 saturated carbocycles. The van der Waals surface area contributed by atoms with E-state index in [-0.39, 0.29) is 18.4 Å². The van der Waals surface area contributed by atoms with E-state index in [0.29, 0.717) is 23.9 Å². The van der Waals surface area contributed by atoms with Gasteiger partial charge in [-0.25, -0.2) is 8.42 Å². The molecular weight excluding hydrogens is 284 g/mol. The van der Waals surface area contributed by atoms with Crippen LogP contribution in [-0.4, -0.2) is 31.9 Å². The highest BCUT2D eigenvalue weighted by molar-refractivity contribution is 7.89. The molecule has 1 aromatic rings. The van der Waals surface area contributed by atoms with Crippen LogP contribution in [0.2, 0.25) is 0 Å². The molecule has 0 aromatic heterocycles. The first-order valence-electron chi connectivity index (χ1n) is 6.27. The van der Waals surface area contributed by atoms with Gasteiger partial charge in [0.05, 0.1) is 4.90 Å². The van der Waals surface area contributed by atoms with Crippen LogP contribution in [0, 0.1) is 0 Å². The van der Waals surface area contributed by atoms with Crippen LogP contribution in [0.3, 0.4) is 0 Å². The summed E-state index contributed by atoms with van der Waals surface area (Å²) in [5, 5.41) is 0. The summed E-state index contributed by atoms with van der Waals surface area (Å²) in [6, 6.07) is 7.11. The first-order chi connectivity index (χ1) is 8.41. The smallest absolute Gasteiger partial charge is 0.243 e. The molecule has 2 rings (SSSR count). The largest absolute Gasteiger partial charge is 0.326 e. The van der Waals surface area contributed by atoms with Gasteiger partial charge in [0.1, 0.15) is 0 Å². The molecule has 0 radical (unpaired) electrons. The number of sulfonamides is 1. The zero-order chi connectivity index (χ0) is 13.3. The molecule has 1 fully saturated rings. The first kappa shape index (κ1) is 16.4. The quantitative estimate of drug-likeness (QED) is 0.928. The number of nitrogens with two attached hydrogens (primary N) is 1. The van der Waals surface area contributed by atoms with Gasteiger partial charge in [0, 0.05) is 19.1 Å². The van der Waals surface area contributed by atoms with Gasteiger partial charge in [0.15, 0.2) is 0 Å². The van der Waals surface area contributed by atoms with Gasteiger partial charge in [0.2, 0.25) is 10.0 Å². The fourth-order valence-corrected chi connectivity index (χ4v) is 3.66. The molecule has 1 heterocycles. The molecule has 1 aliphatic heterocycles. The number of halogens is 1. The van der Waals surface area contributed by atoms with Crippen LogP contribution in [0.4, 0.5) is 0 Å². The number of nitrogens with zero attached hydrogens (tertiary/aromatic N) is 1. The standard InChI is InChI=1S/C13H20N2O2S.ClH/c1-10(2)11-3-5-13(6-4-11)18(16,17)15-8-7-12(14)9-15;/h3-6,10,12H,7-9,14H2,1-2H3;1H. The van der Waals surface area contributed by atoms with Crippen molar-refractivity contribution in [1.29, 1.82) is 0 Å². The highest BCUT2D eigenvalue weighted by atomic mass is 35.5. The molecule has 1 unspecified atom stereocenters. The third-order valence-electron chi connectivity index (χ3n) is 3.37. The van der Waals surface area contributed by atoms with Crippen LogP contribution in [0.5, 0.6) is 0 Å². The van der Waals surface area contributed by atoms with E-state index in [4.69, 9.17) is 5.73 Å². The Balaban J connectivity index is 0.00000180. The lowest BCUT2D eigenvalue weighted by molar-refractivity contribution is 0.472. The summed E-state index contributed by atoms with van der Waals surface area (Å²) >= 11 is 0. The topological polar surface area (TPSA) is 63.4 Å². The van der Waals surface area contributed by atoms with Crippen molar-refractivity contribution in [2.24, 2.45) is 5.73 Å². The molecule has 0 aliphatic carbocycles. The molecule has 0 amide bonds. The molecule has 0 spiro atoms. The minimum absolute atomic E-state index is 0. The Bertz CT molecular complexity index is 514. The number of hydrogen-bond donors (Lipinski definition) is 1. The van der Waals surface area contributed by atoms with Gasteiger partial charge in [-0.15, -0.1) is 12.4 Å². The lowest BCUT2D eigenvalue weighted by atomic mass is 10.0. The maximum absolute atomic E-state index is 12.3. The van der Waals surface area contributed by atoms with Gasteiger partial charge < -0.3 is 5.73 Å². The molecule has 108 valence electrons. The Kier molecular flexibility index (Phi) is 5.38. The maximum atomic E-state index is 12.3. The summed E-state index contributed by atoms with van der Waals surface area (Å²) < 4.78 is 26.1. The van der Waals surface area contributed by atoms with Gasteiger partial charge in [-0.05, 0) is 30.0 Å². The van der Waals surface area contributed by atoms with Gasteiger partial charge >= 0.3 is 0 Å². The Morgan fingerprint density at radius 2 is 1.84 bits per heavy atom. The van der Waals surface area contributed by atoms with Gasteiger partial charge in [-0.3, -0.25) is 0 Å². The third-order valence-corrected chi connectivity index (χ3v) is 5.25. The van der Waals surface area contributed by atoms with Crippen molar-refractivity contribution >= 4 is 22.4 Å². The van der Waals surface area contributed by atoms with Gasteiger partial charge in [0.25, 0.3) is 0 Å². The summed E-state index contributed by atoms with van der Waals surface area (Å²) in [4.78, 5) is 0.362. The normalized spacial score (nSPS) is 20.5. The van der Waals surface area contributed by atoms with E-state index in [0.717, 1.165) is 12.0 Å². The second-order valence-electron chi connectivity index (χ2n) is 5.14. The fraction of sp³-hybridized carbons (Fsp3) is 0.538. The van der Waals surface area contributed by atoms with E-state index in [1.165, 1.54) is 4.31 Å². The summed E-state index contributed by atoms with van der Waals surface area (Å²) in [6.45, 7) is 5.12. The van der Waals surface area contributed by atoms with Crippen LogP contribution in [0.15, 0.2) is 29.2 Å². The molecule has 1 saturated heterocycles. The first-order valence-corrected chi connectivity index (χ1v) is 7.71. The number of rotatable bonds is 3. The second-order valence-corrected chi connectivity index (χ2v) is 7.07. The minimum atomic E-state index is -3.36. The van der Waals surface area contributed by atoms with E-state index in [9.17, 15) is 8.42 Å². The molecule has 1 aliphatic rings. The predicted octanol–water partition coefficient (Wildman–Crippen LogP) is 1.95. The molecule has 4 nitrogen and oxygen atoms in total. The van der Waals surface area contributed by atoms with E-state index < -0.39 is 10.0 Å². The maximum Gasteiger partial charge on any atom is 0.243 e. The highest BCUT2D eigenvalue weighted by Gasteiger charge is 2.30. The van der Waals surface area contributed by atoms with Crippen molar-refractivity contribution in [3.05, 3.63) is 29.8 Å². The average molecular weight is 305 g/mol. The summed E-state index contributed by atoms with van der Waals surface area (Å²) in [7, 11) is -3.36. The molecule has 1 atom stereocenters. The molecule has 2 N–H and O–H groups in total. The lowest BCUT2D eigenvalue weighted by Gasteiger charge is -2.16. The zero-order valence-corrected chi connectivity index (χ0v) is 12.9. The van der Waals surface area contributed by atoms with Gasteiger partial charge in [-0.1, -0.05) is 26.0 Å². The van der Waals surface area contributed by atoms with Crippen molar-refractivity contribution in [3.63, 3.8) is 0 Å². The summed E-state index contributed by atoms with van der Waals surface area (Å²) in [6.07, 6.45) is 0.739. The lowest BCUT2D eigenvalue weighted by Crippen LogP contribution is -2.31. The molecule has 6 heteroatoms. The number of hydrogen-bond acceptors (Lipinski definition) is 3. The van der Waals surface area contributed by atoms with E-state index in [2.05, 4.69) is 13.8 Å². The zero-order valence-electron chi connectivity index (χ0n) is 11.2. The van der Waals surface area contributed by atoms with Crippen LogP contribution in [0.1, 0.15) is 31.7 Å². The third kappa shape index (κ3) is 3.48. The SMILES string of the molecule is CC(C)c1ccc(S(=O)(=O)N2CCC(N)C2)cc1.Cl. The van der Waals surface area contributed by atoms with Crippen molar-refractivity contribution in [1.82, 2.24) is 4.31 Å². The molecular formula is C13H21ClN2O2S. The molecule has 19 heavy (non-hydrogen) atoms. The minimum Gasteiger partial charge on any atom is -0.326 e. The summed E-state index contributed by atoms with van der Waals surface area (Å²) in [5.41, 5.74) is 6.90. The second kappa shape index (κ2) is 6.22. The average Bonchev–Trinajstić information content (AvgIpc) is 2.76. The van der Waals surface area contributed by atoms with Crippen molar-refractivity contribution in [2.45, 2.75) is 37.1 Å². The van der Waals surface area contributed by atoms with E-state index in [1.54, 1.807) is 12.1 Å². The molecule has 0 bridgehead atoms. The van der Waals surface area contributed by atoms with E-state index >= 15 is 0 Å². The predicted molar refractivity (Wildman–Crippen MR) is 79.1 cm³/mol. The Labute approximate surface area is 121 Å². The van der Waals surface area contributed by atoms with Crippen LogP contribution in [-0.2, 0) is 10.0 Å². The number of benzene rings is 1. The fourth-order valence-electron chi connectivity index (χ4n) is 2.15. The van der Waals surface area contributed by atoms with Crippen LogP contribution >= 0.6 is 12.4 Å². The Morgan fingerprint density at radius 3 is 2.26 bits per heavy atom. The molecule has 1 aromatic carbocycles.